The standard InChI is InChI=1S/C23H34F2N6O/c1-6-7-16(25)12-18(15(4)24)28-22-29-19-13-26-21(27-14(2)3)30-20(19)31(22)17-8-10-23(5,32)11-9-17/h6-7,13-14,16-18,32H,4,8-12H2,1-3,5H3,(H,28,29)(H,26,27,30)/b7-6-. The summed E-state index contributed by atoms with van der Waals surface area (Å²) in [4.78, 5) is 13.6. The van der Waals surface area contributed by atoms with Crippen molar-refractivity contribution in [3.63, 3.8) is 0 Å². The Balaban J connectivity index is 2.00. The van der Waals surface area contributed by atoms with Gasteiger partial charge in [0.05, 0.1) is 17.8 Å². The molecule has 2 aromatic heterocycles. The van der Waals surface area contributed by atoms with E-state index in [9.17, 15) is 13.9 Å². The Morgan fingerprint density at radius 1 is 1.34 bits per heavy atom. The highest BCUT2D eigenvalue weighted by atomic mass is 19.1. The fourth-order valence-electron chi connectivity index (χ4n) is 4.08. The maximum Gasteiger partial charge on any atom is 0.224 e. The maximum atomic E-state index is 14.2. The predicted octanol–water partition coefficient (Wildman–Crippen LogP) is 5.08. The van der Waals surface area contributed by atoms with Crippen LogP contribution in [0.3, 0.4) is 0 Å². The molecule has 0 amide bonds. The van der Waals surface area contributed by atoms with Gasteiger partial charge in [-0.05, 0) is 53.4 Å². The minimum absolute atomic E-state index is 0.00904. The van der Waals surface area contributed by atoms with E-state index in [4.69, 9.17) is 0 Å². The van der Waals surface area contributed by atoms with Crippen LogP contribution in [0.1, 0.15) is 65.8 Å². The van der Waals surface area contributed by atoms with Gasteiger partial charge >= 0.3 is 0 Å². The van der Waals surface area contributed by atoms with Gasteiger partial charge in [-0.1, -0.05) is 18.7 Å². The number of aliphatic hydroxyl groups is 1. The van der Waals surface area contributed by atoms with Gasteiger partial charge in [0.1, 0.15) is 17.5 Å². The van der Waals surface area contributed by atoms with Crippen molar-refractivity contribution in [1.29, 1.82) is 0 Å². The molecule has 0 spiro atoms. The van der Waals surface area contributed by atoms with Crippen molar-refractivity contribution >= 4 is 23.1 Å². The number of alkyl halides is 1. The summed E-state index contributed by atoms with van der Waals surface area (Å²) in [5.41, 5.74) is 0.474. The number of rotatable bonds is 9. The van der Waals surface area contributed by atoms with Crippen LogP contribution in [0.5, 0.6) is 0 Å². The molecule has 0 aromatic carbocycles. The summed E-state index contributed by atoms with van der Waals surface area (Å²) in [7, 11) is 0. The number of halogens is 2. The molecule has 1 aliphatic rings. The number of allylic oxidation sites excluding steroid dienone is 2. The van der Waals surface area contributed by atoms with E-state index in [0.717, 1.165) is 12.8 Å². The topological polar surface area (TPSA) is 87.9 Å². The third-order valence-corrected chi connectivity index (χ3v) is 5.79. The second-order valence-electron chi connectivity index (χ2n) is 9.16. The Hall–Kier alpha value is -2.55. The summed E-state index contributed by atoms with van der Waals surface area (Å²) in [6.45, 7) is 11.0. The van der Waals surface area contributed by atoms with Gasteiger partial charge in [-0.3, -0.25) is 4.57 Å². The third-order valence-electron chi connectivity index (χ3n) is 5.79. The van der Waals surface area contributed by atoms with Crippen molar-refractivity contribution in [1.82, 2.24) is 19.5 Å². The summed E-state index contributed by atoms with van der Waals surface area (Å²) in [6.07, 6.45) is 5.90. The quantitative estimate of drug-likeness (QED) is 0.464. The maximum absolute atomic E-state index is 14.2. The highest BCUT2D eigenvalue weighted by Gasteiger charge is 2.32. The molecule has 3 rings (SSSR count). The highest BCUT2D eigenvalue weighted by molar-refractivity contribution is 5.75. The Bertz CT molecular complexity index is 961. The summed E-state index contributed by atoms with van der Waals surface area (Å²) >= 11 is 0. The number of imidazole rings is 1. The first-order valence-corrected chi connectivity index (χ1v) is 11.2. The molecule has 176 valence electrons. The first-order chi connectivity index (χ1) is 15.1. The number of nitrogens with one attached hydrogen (secondary N) is 2. The average Bonchev–Trinajstić information content (AvgIpc) is 3.04. The lowest BCUT2D eigenvalue weighted by Gasteiger charge is -2.34. The summed E-state index contributed by atoms with van der Waals surface area (Å²) in [5, 5.41) is 16.6. The molecule has 0 bridgehead atoms. The molecule has 0 aliphatic heterocycles. The number of hydrogen-bond acceptors (Lipinski definition) is 6. The fraction of sp³-hybridized carbons (Fsp3) is 0.609. The van der Waals surface area contributed by atoms with Crippen LogP contribution < -0.4 is 10.6 Å². The van der Waals surface area contributed by atoms with E-state index in [2.05, 4.69) is 32.2 Å². The van der Waals surface area contributed by atoms with Crippen LogP contribution in [0.15, 0.2) is 30.8 Å². The van der Waals surface area contributed by atoms with Gasteiger partial charge in [-0.15, -0.1) is 0 Å². The number of hydrogen-bond donors (Lipinski definition) is 3. The lowest BCUT2D eigenvalue weighted by molar-refractivity contribution is 0.0105. The van der Waals surface area contributed by atoms with Crippen LogP contribution in [-0.4, -0.2) is 48.5 Å². The molecule has 1 fully saturated rings. The molecule has 1 saturated carbocycles. The van der Waals surface area contributed by atoms with Crippen LogP contribution >= 0.6 is 0 Å². The number of fused-ring (bicyclic) bond motifs is 1. The van der Waals surface area contributed by atoms with E-state index >= 15 is 0 Å². The molecule has 2 atom stereocenters. The van der Waals surface area contributed by atoms with Crippen LogP contribution in [0.25, 0.3) is 11.2 Å². The van der Waals surface area contributed by atoms with Gasteiger partial charge in [0, 0.05) is 18.5 Å². The predicted molar refractivity (Wildman–Crippen MR) is 124 cm³/mol. The number of anilines is 2. The summed E-state index contributed by atoms with van der Waals surface area (Å²) in [5.74, 6) is 0.223. The van der Waals surface area contributed by atoms with Crippen LogP contribution in [0, 0.1) is 0 Å². The minimum atomic E-state index is -1.31. The molecule has 3 N–H and O–H groups in total. The van der Waals surface area contributed by atoms with E-state index in [1.807, 2.05) is 25.3 Å². The zero-order chi connectivity index (χ0) is 23.5. The third kappa shape index (κ3) is 5.82. The van der Waals surface area contributed by atoms with E-state index < -0.39 is 23.6 Å². The SMILES string of the molecule is C=C(F)C(CC(F)/C=C\C)Nc1nc2cnc(NC(C)C)nc2n1C1CCC(C)(O)CC1. The Kier molecular flexibility index (Phi) is 7.48. The van der Waals surface area contributed by atoms with Gasteiger partial charge in [0.2, 0.25) is 11.9 Å². The van der Waals surface area contributed by atoms with Gasteiger partial charge in [-0.25, -0.2) is 18.7 Å². The molecule has 0 saturated heterocycles. The average molecular weight is 449 g/mol. The summed E-state index contributed by atoms with van der Waals surface area (Å²) < 4.78 is 30.4. The highest BCUT2D eigenvalue weighted by Crippen LogP contribution is 2.38. The molecule has 2 heterocycles. The van der Waals surface area contributed by atoms with Crippen molar-refractivity contribution in [2.45, 2.75) is 89.7 Å². The molecular formula is C23H34F2N6O. The van der Waals surface area contributed by atoms with Gasteiger partial charge in [0.15, 0.2) is 5.65 Å². The lowest BCUT2D eigenvalue weighted by atomic mass is 9.83. The largest absolute Gasteiger partial charge is 0.390 e. The van der Waals surface area contributed by atoms with Crippen molar-refractivity contribution in [2.75, 3.05) is 10.6 Å². The molecular weight excluding hydrogens is 414 g/mol. The van der Waals surface area contributed by atoms with Crippen molar-refractivity contribution < 1.29 is 13.9 Å². The number of nitrogens with zero attached hydrogens (tertiary/aromatic N) is 4. The Morgan fingerprint density at radius 2 is 2.03 bits per heavy atom. The van der Waals surface area contributed by atoms with Crippen molar-refractivity contribution in [3.8, 4) is 0 Å². The number of aromatic nitrogens is 4. The van der Waals surface area contributed by atoms with Gasteiger partial charge in [-0.2, -0.15) is 4.98 Å². The van der Waals surface area contributed by atoms with E-state index in [1.165, 1.54) is 6.08 Å². The molecule has 1 aliphatic carbocycles. The Labute approximate surface area is 188 Å². The molecule has 2 unspecified atom stereocenters. The minimum Gasteiger partial charge on any atom is -0.390 e. The van der Waals surface area contributed by atoms with E-state index in [-0.39, 0.29) is 18.5 Å². The Morgan fingerprint density at radius 3 is 2.62 bits per heavy atom. The zero-order valence-corrected chi connectivity index (χ0v) is 19.3. The molecule has 7 nitrogen and oxygen atoms in total. The smallest absolute Gasteiger partial charge is 0.224 e. The van der Waals surface area contributed by atoms with Crippen molar-refractivity contribution in [2.24, 2.45) is 0 Å². The fourth-order valence-corrected chi connectivity index (χ4v) is 4.08. The zero-order valence-electron chi connectivity index (χ0n) is 19.3. The van der Waals surface area contributed by atoms with E-state index in [1.54, 1.807) is 19.2 Å². The molecule has 0 radical (unpaired) electrons. The first-order valence-electron chi connectivity index (χ1n) is 11.2. The van der Waals surface area contributed by atoms with E-state index in [0.29, 0.717) is 35.9 Å². The van der Waals surface area contributed by atoms with Crippen LogP contribution in [-0.2, 0) is 0 Å². The molecule has 2 aromatic rings. The normalized spacial score (nSPS) is 23.6. The van der Waals surface area contributed by atoms with Crippen LogP contribution in [0.2, 0.25) is 0 Å². The van der Waals surface area contributed by atoms with Gasteiger partial charge < -0.3 is 15.7 Å². The molecule has 32 heavy (non-hydrogen) atoms. The monoisotopic (exact) mass is 448 g/mol. The van der Waals surface area contributed by atoms with Gasteiger partial charge in [0.25, 0.3) is 0 Å². The van der Waals surface area contributed by atoms with Crippen molar-refractivity contribution in [3.05, 3.63) is 30.8 Å². The first kappa shape index (κ1) is 24.1. The van der Waals surface area contributed by atoms with Crippen LogP contribution in [0.4, 0.5) is 20.7 Å². The molecule has 9 heteroatoms. The summed E-state index contributed by atoms with van der Waals surface area (Å²) in [6, 6.07) is -0.780. The lowest BCUT2D eigenvalue weighted by Crippen LogP contribution is -2.32. The second kappa shape index (κ2) is 9.94. The second-order valence-corrected chi connectivity index (χ2v) is 9.16.